The first-order valence-corrected chi connectivity index (χ1v) is 10.9. The Balaban J connectivity index is 1.81. The van der Waals surface area contributed by atoms with Crippen LogP contribution in [0.25, 0.3) is 0 Å². The van der Waals surface area contributed by atoms with Crippen molar-refractivity contribution in [2.75, 3.05) is 0 Å². The van der Waals surface area contributed by atoms with Gasteiger partial charge in [-0.05, 0) is 64.0 Å². The summed E-state index contributed by atoms with van der Waals surface area (Å²) < 4.78 is 17.6. The number of carbonyl (C=O) groups is 2. The molecular formula is C24H32O6. The van der Waals surface area contributed by atoms with Gasteiger partial charge >= 0.3 is 11.9 Å². The molecule has 6 atom stereocenters. The Morgan fingerprint density at radius 3 is 2.57 bits per heavy atom. The highest BCUT2D eigenvalue weighted by Gasteiger charge is 2.62. The third-order valence-electron chi connectivity index (χ3n) is 7.36. The van der Waals surface area contributed by atoms with Crippen LogP contribution in [0.4, 0.5) is 0 Å². The molecule has 30 heavy (non-hydrogen) atoms. The Kier molecular flexibility index (Phi) is 5.02. The molecule has 0 aromatic carbocycles. The Bertz CT molecular complexity index is 876. The van der Waals surface area contributed by atoms with Gasteiger partial charge < -0.3 is 19.3 Å². The summed E-state index contributed by atoms with van der Waals surface area (Å²) in [6.07, 6.45) is 5.29. The van der Waals surface area contributed by atoms with E-state index in [2.05, 4.69) is 19.9 Å². The fraction of sp³-hybridized carbons (Fsp3) is 0.667. The van der Waals surface area contributed by atoms with Crippen LogP contribution in [0.15, 0.2) is 34.6 Å². The van der Waals surface area contributed by atoms with Crippen LogP contribution in [0.1, 0.15) is 60.8 Å². The third-order valence-corrected chi connectivity index (χ3v) is 7.36. The molecule has 3 heterocycles. The number of hydrogen-bond donors (Lipinski definition) is 1. The highest BCUT2D eigenvalue weighted by molar-refractivity contribution is 5.84. The van der Waals surface area contributed by atoms with Crippen LogP contribution in [0.3, 0.4) is 0 Å². The lowest BCUT2D eigenvalue weighted by atomic mass is 9.72. The van der Waals surface area contributed by atoms with E-state index in [9.17, 15) is 14.7 Å². The number of esters is 2. The molecule has 3 aliphatic heterocycles. The second-order valence-electron chi connectivity index (χ2n) is 9.93. The quantitative estimate of drug-likeness (QED) is 0.517. The van der Waals surface area contributed by atoms with Gasteiger partial charge in [-0.3, -0.25) is 4.79 Å². The summed E-state index contributed by atoms with van der Waals surface area (Å²) in [5.74, 6) is -2.48. The molecule has 0 spiro atoms. The predicted molar refractivity (Wildman–Crippen MR) is 110 cm³/mol. The Morgan fingerprint density at radius 2 is 1.90 bits per heavy atom. The van der Waals surface area contributed by atoms with E-state index in [4.69, 9.17) is 14.2 Å². The van der Waals surface area contributed by atoms with Gasteiger partial charge in [-0.1, -0.05) is 25.5 Å². The highest BCUT2D eigenvalue weighted by atomic mass is 16.6. The summed E-state index contributed by atoms with van der Waals surface area (Å²) in [6.45, 7) is 11.7. The van der Waals surface area contributed by atoms with Crippen LogP contribution in [-0.2, 0) is 23.8 Å². The van der Waals surface area contributed by atoms with Crippen LogP contribution in [0.5, 0.6) is 0 Å². The zero-order valence-corrected chi connectivity index (χ0v) is 18.7. The van der Waals surface area contributed by atoms with E-state index >= 15 is 0 Å². The van der Waals surface area contributed by atoms with Crippen LogP contribution < -0.4 is 0 Å². The molecule has 0 bridgehead atoms. The lowest BCUT2D eigenvalue weighted by Gasteiger charge is -2.42. The van der Waals surface area contributed by atoms with Crippen molar-refractivity contribution >= 4 is 11.9 Å². The van der Waals surface area contributed by atoms with Gasteiger partial charge in [0.1, 0.15) is 17.3 Å². The maximum atomic E-state index is 12.6. The summed E-state index contributed by atoms with van der Waals surface area (Å²) in [4.78, 5) is 25.0. The van der Waals surface area contributed by atoms with Crippen molar-refractivity contribution in [3.05, 3.63) is 34.6 Å². The number of hydrogen-bond acceptors (Lipinski definition) is 6. The number of carbonyl (C=O) groups excluding carboxylic acids is 2. The average Bonchev–Trinajstić information content (AvgIpc) is 3.13. The number of rotatable bonds is 1. The number of fused-ring (bicyclic) bond motifs is 1. The van der Waals surface area contributed by atoms with Crippen molar-refractivity contribution in [3.8, 4) is 0 Å². The molecule has 4 rings (SSSR count). The van der Waals surface area contributed by atoms with Gasteiger partial charge in [0.25, 0.3) is 0 Å². The highest BCUT2D eigenvalue weighted by Crippen LogP contribution is 2.52. The number of ether oxygens (including phenoxy) is 3. The lowest BCUT2D eigenvalue weighted by Crippen LogP contribution is -2.44. The van der Waals surface area contributed by atoms with Gasteiger partial charge in [0, 0.05) is 12.0 Å². The van der Waals surface area contributed by atoms with Gasteiger partial charge in [-0.15, -0.1) is 0 Å². The zero-order chi connectivity index (χ0) is 22.0. The molecular weight excluding hydrogens is 384 g/mol. The van der Waals surface area contributed by atoms with Crippen LogP contribution in [0, 0.1) is 23.7 Å². The zero-order valence-electron chi connectivity index (χ0n) is 18.7. The molecule has 2 saturated heterocycles. The lowest BCUT2D eigenvalue weighted by molar-refractivity contribution is -0.201. The average molecular weight is 417 g/mol. The maximum Gasteiger partial charge on any atom is 0.331 e. The van der Waals surface area contributed by atoms with E-state index in [0.29, 0.717) is 25.0 Å². The predicted octanol–water partition coefficient (Wildman–Crippen LogP) is 3.80. The number of allylic oxidation sites excluding steroid dienone is 2. The molecule has 0 aromatic heterocycles. The molecule has 0 amide bonds. The van der Waals surface area contributed by atoms with Gasteiger partial charge in [-0.25, -0.2) is 4.79 Å². The second kappa shape index (κ2) is 7.06. The molecule has 4 aliphatic rings. The second-order valence-corrected chi connectivity index (χ2v) is 9.93. The Hall–Kier alpha value is -1.92. The van der Waals surface area contributed by atoms with E-state index in [1.165, 1.54) is 0 Å². The monoisotopic (exact) mass is 416 g/mol. The largest absolute Gasteiger partial charge is 0.456 e. The first-order valence-electron chi connectivity index (χ1n) is 10.9. The molecule has 0 unspecified atom stereocenters. The molecule has 1 aliphatic carbocycles. The molecule has 6 nitrogen and oxygen atoms in total. The topological polar surface area (TPSA) is 82.1 Å². The van der Waals surface area contributed by atoms with Crippen LogP contribution in [-0.4, -0.2) is 34.5 Å². The van der Waals surface area contributed by atoms with E-state index in [-0.39, 0.29) is 23.7 Å². The molecule has 0 aromatic rings. The van der Waals surface area contributed by atoms with E-state index in [1.54, 1.807) is 13.0 Å². The fourth-order valence-electron chi connectivity index (χ4n) is 5.63. The van der Waals surface area contributed by atoms with E-state index in [1.807, 2.05) is 20.8 Å². The summed E-state index contributed by atoms with van der Waals surface area (Å²) in [5, 5.41) is 10.8. The Morgan fingerprint density at radius 1 is 1.20 bits per heavy atom. The first kappa shape index (κ1) is 21.3. The normalized spacial score (nSPS) is 41.5. The van der Waals surface area contributed by atoms with Gasteiger partial charge in [0.05, 0.1) is 12.0 Å². The molecule has 164 valence electrons. The summed E-state index contributed by atoms with van der Waals surface area (Å²) >= 11 is 0. The van der Waals surface area contributed by atoms with E-state index in [0.717, 1.165) is 16.7 Å². The van der Waals surface area contributed by atoms with Gasteiger partial charge in [0.2, 0.25) is 0 Å². The van der Waals surface area contributed by atoms with Crippen molar-refractivity contribution in [2.45, 2.75) is 78.3 Å². The van der Waals surface area contributed by atoms with Gasteiger partial charge in [0.15, 0.2) is 5.79 Å². The molecule has 0 radical (unpaired) electrons. The summed E-state index contributed by atoms with van der Waals surface area (Å²) in [7, 11) is 0. The van der Waals surface area contributed by atoms with Crippen molar-refractivity contribution in [1.29, 1.82) is 0 Å². The summed E-state index contributed by atoms with van der Waals surface area (Å²) in [5.41, 5.74) is 2.35. The van der Waals surface area contributed by atoms with Gasteiger partial charge in [-0.2, -0.15) is 0 Å². The molecule has 2 fully saturated rings. The van der Waals surface area contributed by atoms with Crippen molar-refractivity contribution in [1.82, 2.24) is 0 Å². The minimum absolute atomic E-state index is 0.0566. The van der Waals surface area contributed by atoms with Crippen LogP contribution >= 0.6 is 0 Å². The smallest absolute Gasteiger partial charge is 0.331 e. The molecule has 6 heteroatoms. The Labute approximate surface area is 177 Å². The van der Waals surface area contributed by atoms with E-state index < -0.39 is 29.4 Å². The maximum absolute atomic E-state index is 12.6. The SMILES string of the molecule is CC1=CC[C@H]2C(C(C)C)=CC(=O)O[C@]2(C)CCC(C)=C2OC(=O)[C@@H]3[C@H]2[C@@H]1O[C@]3(C)O. The van der Waals surface area contributed by atoms with Crippen LogP contribution in [0.2, 0.25) is 0 Å². The minimum Gasteiger partial charge on any atom is -0.456 e. The third kappa shape index (κ3) is 3.25. The fourth-order valence-corrected chi connectivity index (χ4v) is 5.63. The molecule has 1 N–H and O–H groups in total. The minimum atomic E-state index is -1.56. The summed E-state index contributed by atoms with van der Waals surface area (Å²) in [6, 6.07) is 0. The standard InChI is InChI=1S/C24H32O6/c1-12(2)15-11-17(25)29-23(5)10-9-14(4)20-18-19(22(26)28-20)24(6,27)30-21(18)13(3)7-8-16(15)23/h7,11-12,16,18-19,21,27H,8-10H2,1-6H3/t16-,18+,19-,21+,23+,24-/m0/s1. The first-order chi connectivity index (χ1) is 13.9. The molecule has 0 saturated carbocycles. The number of aliphatic hydroxyl groups is 1. The van der Waals surface area contributed by atoms with Crippen molar-refractivity contribution in [3.63, 3.8) is 0 Å². The van der Waals surface area contributed by atoms with Crippen molar-refractivity contribution in [2.24, 2.45) is 23.7 Å². The van der Waals surface area contributed by atoms with Crippen molar-refractivity contribution < 1.29 is 28.9 Å².